The molecule has 6 nitrogen and oxygen atoms in total. The highest BCUT2D eigenvalue weighted by Crippen LogP contribution is 2.12. The maximum Gasteiger partial charge on any atom is 0.272 e. The van der Waals surface area contributed by atoms with Gasteiger partial charge in [-0.3, -0.25) is 14.6 Å². The van der Waals surface area contributed by atoms with E-state index >= 15 is 0 Å². The minimum absolute atomic E-state index is 0.117. The Balaban J connectivity index is 1.49. The van der Waals surface area contributed by atoms with Crippen LogP contribution in [0.3, 0.4) is 0 Å². The molecule has 6 heteroatoms. The van der Waals surface area contributed by atoms with Crippen molar-refractivity contribution in [2.45, 2.75) is 32.4 Å². The summed E-state index contributed by atoms with van der Waals surface area (Å²) in [6.07, 6.45) is 4.67. The molecule has 0 aliphatic rings. The zero-order valence-electron chi connectivity index (χ0n) is 17.2. The lowest BCUT2D eigenvalue weighted by molar-refractivity contribution is -0.121. The predicted octanol–water partition coefficient (Wildman–Crippen LogP) is 3.28. The lowest BCUT2D eigenvalue weighted by Gasteiger charge is -2.12. The number of benzene rings is 2. The van der Waals surface area contributed by atoms with Gasteiger partial charge >= 0.3 is 0 Å². The van der Waals surface area contributed by atoms with Crippen LogP contribution in [0.1, 0.15) is 23.2 Å². The Morgan fingerprint density at radius 3 is 2.48 bits per heavy atom. The van der Waals surface area contributed by atoms with Gasteiger partial charge in [0.15, 0.2) is 0 Å². The Bertz CT molecular complexity index is 1220. The van der Waals surface area contributed by atoms with Crippen molar-refractivity contribution in [1.29, 1.82) is 0 Å². The first kappa shape index (κ1) is 20.5. The van der Waals surface area contributed by atoms with Gasteiger partial charge in [-0.2, -0.15) is 0 Å². The summed E-state index contributed by atoms with van der Waals surface area (Å²) in [5, 5.41) is 2.87. The van der Waals surface area contributed by atoms with E-state index in [1.165, 1.54) is 5.56 Å². The first-order valence-corrected chi connectivity index (χ1v) is 10.4. The van der Waals surface area contributed by atoms with Gasteiger partial charge in [-0.15, -0.1) is 0 Å². The zero-order valence-corrected chi connectivity index (χ0v) is 17.2. The molecule has 2 aromatic carbocycles. The van der Waals surface area contributed by atoms with E-state index in [1.807, 2.05) is 54.6 Å². The number of hydrogen-bond donors (Lipinski definition) is 1. The van der Waals surface area contributed by atoms with Crippen molar-refractivity contribution in [3.05, 3.63) is 106 Å². The molecule has 0 bridgehead atoms. The summed E-state index contributed by atoms with van der Waals surface area (Å²) in [7, 11) is 0. The number of nitrogens with one attached hydrogen (secondary N) is 1. The molecule has 0 aliphatic carbocycles. The maximum absolute atomic E-state index is 13.2. The number of pyridine rings is 1. The molecule has 0 radical (unpaired) electrons. The summed E-state index contributed by atoms with van der Waals surface area (Å²) in [4.78, 5) is 34.0. The summed E-state index contributed by atoms with van der Waals surface area (Å²) < 4.78 is 1.78. The first-order chi connectivity index (χ1) is 15.2. The standard InChI is InChI=1S/C25H24N4O2/c30-24(27-18-20-9-6-15-26-17-20)13-12-22-25(31)29(16-14-19-7-2-1-3-8-19)23-11-5-4-10-21(23)28-22/h1-11,15,17H,12-14,16,18H2,(H,27,30). The van der Waals surface area contributed by atoms with Crippen LogP contribution in [-0.4, -0.2) is 20.4 Å². The first-order valence-electron chi connectivity index (χ1n) is 10.4. The van der Waals surface area contributed by atoms with Crippen LogP contribution in [0.4, 0.5) is 0 Å². The van der Waals surface area contributed by atoms with Gasteiger partial charge in [-0.05, 0) is 35.7 Å². The van der Waals surface area contributed by atoms with Crippen LogP contribution in [0, 0.1) is 0 Å². The van der Waals surface area contributed by atoms with E-state index in [1.54, 1.807) is 17.0 Å². The largest absolute Gasteiger partial charge is 0.352 e. The Labute approximate surface area is 180 Å². The van der Waals surface area contributed by atoms with Gasteiger partial charge in [0.05, 0.1) is 11.0 Å². The fourth-order valence-electron chi connectivity index (χ4n) is 3.54. The van der Waals surface area contributed by atoms with E-state index in [4.69, 9.17) is 0 Å². The summed E-state index contributed by atoms with van der Waals surface area (Å²) >= 11 is 0. The number of carbonyl (C=O) groups is 1. The van der Waals surface area contributed by atoms with Crippen molar-refractivity contribution in [1.82, 2.24) is 19.9 Å². The molecule has 1 amide bonds. The van der Waals surface area contributed by atoms with Crippen LogP contribution in [0.15, 0.2) is 83.9 Å². The van der Waals surface area contributed by atoms with Gasteiger partial charge in [-0.1, -0.05) is 48.5 Å². The Morgan fingerprint density at radius 2 is 1.68 bits per heavy atom. The zero-order chi connectivity index (χ0) is 21.5. The van der Waals surface area contributed by atoms with Crippen LogP contribution in [0.25, 0.3) is 11.0 Å². The average molecular weight is 412 g/mol. The van der Waals surface area contributed by atoms with Crippen molar-refractivity contribution >= 4 is 16.9 Å². The van der Waals surface area contributed by atoms with Gasteiger partial charge in [0, 0.05) is 38.3 Å². The monoisotopic (exact) mass is 412 g/mol. The van der Waals surface area contributed by atoms with Crippen LogP contribution < -0.4 is 10.9 Å². The Kier molecular flexibility index (Phi) is 6.47. The highest BCUT2D eigenvalue weighted by molar-refractivity contribution is 5.77. The molecule has 0 atom stereocenters. The van der Waals surface area contributed by atoms with Crippen molar-refractivity contribution in [3.63, 3.8) is 0 Å². The number of aryl methyl sites for hydroxylation is 3. The topological polar surface area (TPSA) is 76.9 Å². The maximum atomic E-state index is 13.2. The quantitative estimate of drug-likeness (QED) is 0.482. The van der Waals surface area contributed by atoms with E-state index in [0.717, 1.165) is 23.0 Å². The Hall–Kier alpha value is -3.80. The third-order valence-electron chi connectivity index (χ3n) is 5.19. The smallest absolute Gasteiger partial charge is 0.272 e. The van der Waals surface area contributed by atoms with E-state index in [2.05, 4.69) is 27.4 Å². The molecule has 0 aliphatic heterocycles. The fraction of sp³-hybridized carbons (Fsp3) is 0.200. The number of rotatable bonds is 8. The van der Waals surface area contributed by atoms with E-state index < -0.39 is 0 Å². The molecule has 4 aromatic rings. The second-order valence-electron chi connectivity index (χ2n) is 7.38. The second-order valence-corrected chi connectivity index (χ2v) is 7.38. The van der Waals surface area contributed by atoms with E-state index in [9.17, 15) is 9.59 Å². The number of fused-ring (bicyclic) bond motifs is 1. The number of amides is 1. The van der Waals surface area contributed by atoms with Crippen molar-refractivity contribution in [3.8, 4) is 0 Å². The highest BCUT2D eigenvalue weighted by atomic mass is 16.1. The molecule has 2 heterocycles. The third-order valence-corrected chi connectivity index (χ3v) is 5.19. The normalized spacial score (nSPS) is 10.8. The van der Waals surface area contributed by atoms with Gasteiger partial charge in [0.1, 0.15) is 5.69 Å². The number of nitrogens with zero attached hydrogens (tertiary/aromatic N) is 3. The number of hydrogen-bond acceptors (Lipinski definition) is 4. The summed E-state index contributed by atoms with van der Waals surface area (Å²) in [6.45, 7) is 0.977. The third kappa shape index (κ3) is 5.22. The highest BCUT2D eigenvalue weighted by Gasteiger charge is 2.13. The molecule has 0 fully saturated rings. The number of carbonyl (C=O) groups excluding carboxylic acids is 1. The van der Waals surface area contributed by atoms with E-state index in [-0.39, 0.29) is 17.9 Å². The molecule has 156 valence electrons. The van der Waals surface area contributed by atoms with Crippen molar-refractivity contribution in [2.24, 2.45) is 0 Å². The van der Waals surface area contributed by atoms with Crippen LogP contribution in [0.2, 0.25) is 0 Å². The summed E-state index contributed by atoms with van der Waals surface area (Å²) in [6, 6.07) is 21.5. The SMILES string of the molecule is O=C(CCc1nc2ccccc2n(CCc2ccccc2)c1=O)NCc1cccnc1. The minimum atomic E-state index is -0.130. The van der Waals surface area contributed by atoms with Gasteiger partial charge in [0.25, 0.3) is 5.56 Å². The molecule has 4 rings (SSSR count). The number of aromatic nitrogens is 3. The summed E-state index contributed by atoms with van der Waals surface area (Å²) in [5.41, 5.74) is 3.97. The average Bonchev–Trinajstić information content (AvgIpc) is 2.82. The molecule has 1 N–H and O–H groups in total. The summed E-state index contributed by atoms with van der Waals surface area (Å²) in [5.74, 6) is -0.117. The molecule has 0 spiro atoms. The van der Waals surface area contributed by atoms with E-state index in [0.29, 0.717) is 25.2 Å². The van der Waals surface area contributed by atoms with Crippen LogP contribution in [-0.2, 0) is 30.7 Å². The number of para-hydroxylation sites is 2. The lowest BCUT2D eigenvalue weighted by Crippen LogP contribution is -2.29. The fourth-order valence-corrected chi connectivity index (χ4v) is 3.54. The minimum Gasteiger partial charge on any atom is -0.352 e. The molecule has 0 saturated heterocycles. The molecule has 31 heavy (non-hydrogen) atoms. The van der Waals surface area contributed by atoms with Gasteiger partial charge in [0.2, 0.25) is 5.91 Å². The van der Waals surface area contributed by atoms with Crippen molar-refractivity contribution < 1.29 is 4.79 Å². The van der Waals surface area contributed by atoms with Crippen LogP contribution >= 0.6 is 0 Å². The molecule has 0 saturated carbocycles. The molecule has 2 aromatic heterocycles. The predicted molar refractivity (Wildman–Crippen MR) is 121 cm³/mol. The molecule has 0 unspecified atom stereocenters. The second kappa shape index (κ2) is 9.80. The molecular formula is C25H24N4O2. The Morgan fingerprint density at radius 1 is 0.903 bits per heavy atom. The lowest BCUT2D eigenvalue weighted by atomic mass is 10.1. The van der Waals surface area contributed by atoms with Gasteiger partial charge < -0.3 is 9.88 Å². The van der Waals surface area contributed by atoms with Gasteiger partial charge in [-0.25, -0.2) is 4.98 Å². The van der Waals surface area contributed by atoms with Crippen LogP contribution in [0.5, 0.6) is 0 Å². The molecular weight excluding hydrogens is 388 g/mol. The van der Waals surface area contributed by atoms with Crippen molar-refractivity contribution in [2.75, 3.05) is 0 Å².